The van der Waals surface area contributed by atoms with Gasteiger partial charge in [-0.1, -0.05) is 37.1 Å². The van der Waals surface area contributed by atoms with Crippen LogP contribution < -0.4 is 0 Å². The summed E-state index contributed by atoms with van der Waals surface area (Å²) in [4.78, 5) is 9.62. The van der Waals surface area contributed by atoms with Crippen LogP contribution in [0.3, 0.4) is 0 Å². The summed E-state index contributed by atoms with van der Waals surface area (Å²) in [6.45, 7) is 3.77. The van der Waals surface area contributed by atoms with Crippen LogP contribution in [0, 0.1) is 0 Å². The molecule has 11 heteroatoms. The number of hydrogen-bond acceptors (Lipinski definition) is 8. The van der Waals surface area contributed by atoms with E-state index in [1.54, 1.807) is 54.9 Å². The lowest BCUT2D eigenvalue weighted by molar-refractivity contribution is 0.248. The third kappa shape index (κ3) is 4.15. The van der Waals surface area contributed by atoms with Crippen LogP contribution in [0.2, 0.25) is 0 Å². The van der Waals surface area contributed by atoms with Crippen molar-refractivity contribution in [1.82, 2.24) is 22.8 Å². The first-order valence-corrected chi connectivity index (χ1v) is 14.7. The van der Waals surface area contributed by atoms with E-state index in [1.807, 2.05) is 18.0 Å². The van der Waals surface area contributed by atoms with Crippen molar-refractivity contribution in [3.8, 4) is 11.6 Å². The van der Waals surface area contributed by atoms with Crippen LogP contribution in [0.25, 0.3) is 33.7 Å². The zero-order chi connectivity index (χ0) is 25.6. The second kappa shape index (κ2) is 9.64. The fourth-order valence-electron chi connectivity index (χ4n) is 4.92. The molecule has 1 aromatic carbocycles. The Morgan fingerprint density at radius 2 is 2.00 bits per heavy atom. The molecule has 0 bridgehead atoms. The number of aliphatic hydroxyl groups excluding tert-OH is 1. The van der Waals surface area contributed by atoms with Crippen molar-refractivity contribution in [2.24, 2.45) is 0 Å². The van der Waals surface area contributed by atoms with Gasteiger partial charge >= 0.3 is 0 Å². The standard InChI is InChI=1S/C26H27N5O4S2/c1-2-14-36-29-12-10-18(16-29)31-24-21-11-13-30(37(33,34)20-6-4-3-5-7-20)25(21)27-15-22(24)28-26(31)23-9-8-19(17-32)35-23/h3-9,11,13,15,18,32H,2,10,12,14,16-17H2,1H3. The summed E-state index contributed by atoms with van der Waals surface area (Å²) in [5.41, 5.74) is 1.85. The monoisotopic (exact) mass is 537 g/mol. The number of aliphatic hydroxyl groups is 1. The number of fused-ring (bicyclic) bond motifs is 3. The van der Waals surface area contributed by atoms with Gasteiger partial charge in [0.2, 0.25) is 0 Å². The van der Waals surface area contributed by atoms with Gasteiger partial charge in [-0.3, -0.25) is 0 Å². The number of imidazole rings is 1. The van der Waals surface area contributed by atoms with Crippen molar-refractivity contribution < 1.29 is 17.9 Å². The molecule has 1 unspecified atom stereocenters. The molecule has 1 saturated heterocycles. The first-order chi connectivity index (χ1) is 18.0. The Morgan fingerprint density at radius 1 is 1.16 bits per heavy atom. The Hall–Kier alpha value is -3.12. The summed E-state index contributed by atoms with van der Waals surface area (Å²) < 4.78 is 38.6. The largest absolute Gasteiger partial charge is 0.455 e. The van der Waals surface area contributed by atoms with Gasteiger partial charge in [0, 0.05) is 30.4 Å². The summed E-state index contributed by atoms with van der Waals surface area (Å²) >= 11 is 1.86. The van der Waals surface area contributed by atoms with Gasteiger partial charge in [-0.2, -0.15) is 0 Å². The van der Waals surface area contributed by atoms with Gasteiger partial charge in [0.05, 0.1) is 22.7 Å². The number of benzene rings is 1. The van der Waals surface area contributed by atoms with E-state index >= 15 is 0 Å². The van der Waals surface area contributed by atoms with Crippen molar-refractivity contribution in [2.45, 2.75) is 37.3 Å². The minimum Gasteiger partial charge on any atom is -0.455 e. The molecule has 1 fully saturated rings. The van der Waals surface area contributed by atoms with Crippen LogP contribution in [0.4, 0.5) is 0 Å². The molecule has 1 aliphatic rings. The third-order valence-corrected chi connectivity index (χ3v) is 9.60. The molecule has 5 aromatic rings. The van der Waals surface area contributed by atoms with E-state index in [9.17, 15) is 13.5 Å². The average Bonchev–Trinajstić information content (AvgIpc) is 3.71. The number of pyridine rings is 1. The molecule has 0 radical (unpaired) electrons. The van der Waals surface area contributed by atoms with Crippen molar-refractivity contribution in [3.05, 3.63) is 66.7 Å². The van der Waals surface area contributed by atoms with Crippen molar-refractivity contribution in [3.63, 3.8) is 0 Å². The topological polar surface area (TPSA) is 106 Å². The van der Waals surface area contributed by atoms with Crippen molar-refractivity contribution in [1.29, 1.82) is 0 Å². The SMILES string of the molecule is CCCSN1CCC(n2c(-c3ccc(CO)o3)nc3cnc4c(ccn4S(=O)(=O)c4ccccc4)c32)C1. The van der Waals surface area contributed by atoms with Crippen LogP contribution in [-0.2, 0) is 16.6 Å². The number of aromatic nitrogens is 4. The average molecular weight is 538 g/mol. The molecule has 0 saturated carbocycles. The number of hydrogen-bond donors (Lipinski definition) is 1. The molecule has 4 aromatic heterocycles. The summed E-state index contributed by atoms with van der Waals surface area (Å²) in [5, 5.41) is 10.3. The maximum absolute atomic E-state index is 13.4. The predicted octanol–water partition coefficient (Wildman–Crippen LogP) is 4.68. The lowest BCUT2D eigenvalue weighted by Gasteiger charge is -2.18. The highest BCUT2D eigenvalue weighted by molar-refractivity contribution is 7.97. The quantitative estimate of drug-likeness (QED) is 0.285. The zero-order valence-electron chi connectivity index (χ0n) is 20.3. The highest BCUT2D eigenvalue weighted by Gasteiger charge is 2.31. The summed E-state index contributed by atoms with van der Waals surface area (Å²) in [7, 11) is -3.82. The van der Waals surface area contributed by atoms with E-state index in [0.717, 1.165) is 37.2 Å². The molecule has 1 aliphatic heterocycles. The Kier molecular flexibility index (Phi) is 6.31. The third-order valence-electron chi connectivity index (χ3n) is 6.64. The summed E-state index contributed by atoms with van der Waals surface area (Å²) in [6.07, 6.45) is 5.22. The first kappa shape index (κ1) is 24.2. The lowest BCUT2D eigenvalue weighted by atomic mass is 10.2. The highest BCUT2D eigenvalue weighted by atomic mass is 32.2. The van der Waals surface area contributed by atoms with Crippen LogP contribution in [0.5, 0.6) is 0 Å². The van der Waals surface area contributed by atoms with E-state index in [1.165, 1.54) is 3.97 Å². The molecular weight excluding hydrogens is 510 g/mol. The predicted molar refractivity (Wildman–Crippen MR) is 144 cm³/mol. The van der Waals surface area contributed by atoms with Gasteiger partial charge in [0.25, 0.3) is 10.0 Å². The van der Waals surface area contributed by atoms with Gasteiger partial charge < -0.3 is 14.1 Å². The van der Waals surface area contributed by atoms with E-state index in [-0.39, 0.29) is 17.5 Å². The molecule has 9 nitrogen and oxygen atoms in total. The first-order valence-electron chi connectivity index (χ1n) is 12.3. The number of furan rings is 1. The van der Waals surface area contributed by atoms with Crippen LogP contribution in [0.1, 0.15) is 31.6 Å². The Labute approximate surface area is 218 Å². The molecule has 0 amide bonds. The summed E-state index contributed by atoms with van der Waals surface area (Å²) in [5.74, 6) is 2.74. The molecule has 0 aliphatic carbocycles. The highest BCUT2D eigenvalue weighted by Crippen LogP contribution is 2.38. The van der Waals surface area contributed by atoms with E-state index < -0.39 is 10.0 Å². The van der Waals surface area contributed by atoms with E-state index in [4.69, 9.17) is 9.40 Å². The van der Waals surface area contributed by atoms with Crippen molar-refractivity contribution >= 4 is 44.0 Å². The second-order valence-corrected chi connectivity index (χ2v) is 12.0. The van der Waals surface area contributed by atoms with Gasteiger partial charge in [0.15, 0.2) is 17.2 Å². The fraction of sp³-hybridized carbons (Fsp3) is 0.308. The summed E-state index contributed by atoms with van der Waals surface area (Å²) in [6, 6.07) is 13.8. The van der Waals surface area contributed by atoms with E-state index in [0.29, 0.717) is 33.9 Å². The van der Waals surface area contributed by atoms with E-state index in [2.05, 4.69) is 20.8 Å². The smallest absolute Gasteiger partial charge is 0.269 e. The Balaban J connectivity index is 1.54. The molecule has 37 heavy (non-hydrogen) atoms. The maximum Gasteiger partial charge on any atom is 0.269 e. The Bertz CT molecular complexity index is 1670. The van der Waals surface area contributed by atoms with Crippen LogP contribution in [0.15, 0.2) is 70.2 Å². The van der Waals surface area contributed by atoms with Crippen molar-refractivity contribution in [2.75, 3.05) is 18.8 Å². The number of nitrogens with zero attached hydrogens (tertiary/aromatic N) is 5. The molecule has 5 heterocycles. The van der Waals surface area contributed by atoms with Gasteiger partial charge in [0.1, 0.15) is 17.9 Å². The maximum atomic E-state index is 13.4. The Morgan fingerprint density at radius 3 is 2.76 bits per heavy atom. The van der Waals surface area contributed by atoms with Gasteiger partial charge in [-0.25, -0.2) is 26.7 Å². The van der Waals surface area contributed by atoms with Crippen LogP contribution in [-0.4, -0.2) is 55.2 Å². The van der Waals surface area contributed by atoms with Gasteiger partial charge in [-0.05, 0) is 43.2 Å². The minimum atomic E-state index is -3.82. The molecular formula is C26H27N5O4S2. The van der Waals surface area contributed by atoms with Gasteiger partial charge in [-0.15, -0.1) is 0 Å². The minimum absolute atomic E-state index is 0.117. The lowest BCUT2D eigenvalue weighted by Crippen LogP contribution is -2.16. The molecule has 6 rings (SSSR count). The molecule has 1 N–H and O–H groups in total. The fourth-order valence-corrected chi connectivity index (χ4v) is 7.19. The number of rotatable bonds is 8. The molecule has 192 valence electrons. The molecule has 0 spiro atoms. The zero-order valence-corrected chi connectivity index (χ0v) is 22.0. The second-order valence-electron chi connectivity index (χ2n) is 9.05. The van der Waals surface area contributed by atoms with Crippen LogP contribution >= 0.6 is 11.9 Å². The molecule has 1 atom stereocenters. The normalized spacial score (nSPS) is 16.9.